The van der Waals surface area contributed by atoms with E-state index in [0.29, 0.717) is 0 Å². The van der Waals surface area contributed by atoms with Gasteiger partial charge in [-0.15, -0.1) is 0 Å². The van der Waals surface area contributed by atoms with Crippen LogP contribution in [0.2, 0.25) is 0 Å². The topological polar surface area (TPSA) is 47.0 Å². The Morgan fingerprint density at radius 2 is 2.18 bits per heavy atom. The summed E-state index contributed by atoms with van der Waals surface area (Å²) in [6.07, 6.45) is 3.24. The van der Waals surface area contributed by atoms with Gasteiger partial charge in [-0.1, -0.05) is 12.1 Å². The van der Waals surface area contributed by atoms with E-state index in [-0.39, 0.29) is 6.04 Å². The average Bonchev–Trinajstić information content (AvgIpc) is 2.40. The van der Waals surface area contributed by atoms with Crippen molar-refractivity contribution < 1.29 is 4.74 Å². The highest BCUT2D eigenvalue weighted by Crippen LogP contribution is 2.21. The number of methoxy groups -OCH3 is 1. The molecule has 0 amide bonds. The molecule has 1 aromatic heterocycles. The SMILES string of the molecule is COc1cccc([C@H](C)Nc2ccncn2)c1. The van der Waals surface area contributed by atoms with Crippen LogP contribution in [-0.2, 0) is 0 Å². The highest BCUT2D eigenvalue weighted by molar-refractivity contribution is 5.38. The predicted octanol–water partition coefficient (Wildman–Crippen LogP) is 2.66. The summed E-state index contributed by atoms with van der Waals surface area (Å²) in [5.41, 5.74) is 1.16. The van der Waals surface area contributed by atoms with Crippen LogP contribution in [0.5, 0.6) is 5.75 Å². The summed E-state index contributed by atoms with van der Waals surface area (Å²) in [7, 11) is 1.67. The zero-order valence-corrected chi connectivity index (χ0v) is 9.92. The first kappa shape index (κ1) is 11.4. The largest absolute Gasteiger partial charge is 0.497 e. The van der Waals surface area contributed by atoms with Crippen LogP contribution in [0.15, 0.2) is 42.9 Å². The summed E-state index contributed by atoms with van der Waals surface area (Å²) in [6.45, 7) is 2.08. The van der Waals surface area contributed by atoms with E-state index in [9.17, 15) is 0 Å². The van der Waals surface area contributed by atoms with Crippen LogP contribution < -0.4 is 10.1 Å². The van der Waals surface area contributed by atoms with Crippen LogP contribution in [0.4, 0.5) is 5.82 Å². The third-order valence-electron chi connectivity index (χ3n) is 2.54. The zero-order chi connectivity index (χ0) is 12.1. The summed E-state index contributed by atoms with van der Waals surface area (Å²) in [4.78, 5) is 8.02. The first-order valence-electron chi connectivity index (χ1n) is 5.46. The molecule has 0 fully saturated rings. The van der Waals surface area contributed by atoms with Gasteiger partial charge in [-0.05, 0) is 30.7 Å². The molecule has 0 aliphatic heterocycles. The summed E-state index contributed by atoms with van der Waals surface area (Å²) in [6, 6.07) is 9.99. The number of benzene rings is 1. The van der Waals surface area contributed by atoms with Gasteiger partial charge in [0.1, 0.15) is 17.9 Å². The predicted molar refractivity (Wildman–Crippen MR) is 67.1 cm³/mol. The number of rotatable bonds is 4. The van der Waals surface area contributed by atoms with Gasteiger partial charge in [0.05, 0.1) is 13.2 Å². The third-order valence-corrected chi connectivity index (χ3v) is 2.54. The molecule has 1 N–H and O–H groups in total. The molecule has 1 aromatic carbocycles. The molecule has 0 aliphatic carbocycles. The van der Waals surface area contributed by atoms with Crippen molar-refractivity contribution >= 4 is 5.82 Å². The molecule has 2 aromatic rings. The van der Waals surface area contributed by atoms with E-state index in [1.807, 2.05) is 24.3 Å². The summed E-state index contributed by atoms with van der Waals surface area (Å²) in [5.74, 6) is 1.68. The number of nitrogens with zero attached hydrogens (tertiary/aromatic N) is 2. The van der Waals surface area contributed by atoms with Crippen LogP contribution in [0.3, 0.4) is 0 Å². The Hall–Kier alpha value is -2.10. The first-order valence-corrected chi connectivity index (χ1v) is 5.46. The number of hydrogen-bond donors (Lipinski definition) is 1. The fraction of sp³-hybridized carbons (Fsp3) is 0.231. The lowest BCUT2D eigenvalue weighted by Gasteiger charge is -2.15. The summed E-state index contributed by atoms with van der Waals surface area (Å²) >= 11 is 0. The van der Waals surface area contributed by atoms with Gasteiger partial charge < -0.3 is 10.1 Å². The zero-order valence-electron chi connectivity index (χ0n) is 9.92. The molecule has 17 heavy (non-hydrogen) atoms. The average molecular weight is 229 g/mol. The Labute approximate surface area is 101 Å². The molecule has 0 aliphatic rings. The Morgan fingerprint density at radius 1 is 1.29 bits per heavy atom. The smallest absolute Gasteiger partial charge is 0.129 e. The van der Waals surface area contributed by atoms with E-state index in [4.69, 9.17) is 4.74 Å². The second kappa shape index (κ2) is 5.30. The van der Waals surface area contributed by atoms with E-state index in [1.165, 1.54) is 6.33 Å². The monoisotopic (exact) mass is 229 g/mol. The quantitative estimate of drug-likeness (QED) is 0.875. The van der Waals surface area contributed by atoms with Crippen molar-refractivity contribution in [2.75, 3.05) is 12.4 Å². The molecule has 0 bridgehead atoms. The molecule has 4 nitrogen and oxygen atoms in total. The number of aromatic nitrogens is 2. The van der Waals surface area contributed by atoms with E-state index in [2.05, 4.69) is 28.3 Å². The molecular weight excluding hydrogens is 214 g/mol. The van der Waals surface area contributed by atoms with Crippen LogP contribution in [-0.4, -0.2) is 17.1 Å². The molecule has 2 rings (SSSR count). The standard InChI is InChI=1S/C13H15N3O/c1-10(16-13-6-7-14-9-15-13)11-4-3-5-12(8-11)17-2/h3-10H,1-2H3,(H,14,15,16)/t10-/m0/s1. The van der Waals surface area contributed by atoms with Gasteiger partial charge in [0.15, 0.2) is 0 Å². The third kappa shape index (κ3) is 2.93. The Kier molecular flexibility index (Phi) is 3.55. The minimum atomic E-state index is 0.167. The Morgan fingerprint density at radius 3 is 2.88 bits per heavy atom. The van der Waals surface area contributed by atoms with Crippen molar-refractivity contribution in [1.29, 1.82) is 0 Å². The number of hydrogen-bond acceptors (Lipinski definition) is 4. The maximum absolute atomic E-state index is 5.20. The lowest BCUT2D eigenvalue weighted by atomic mass is 10.1. The second-order valence-electron chi connectivity index (χ2n) is 3.74. The lowest BCUT2D eigenvalue weighted by Crippen LogP contribution is -2.07. The summed E-state index contributed by atoms with van der Waals surface area (Å²) < 4.78 is 5.20. The van der Waals surface area contributed by atoms with Gasteiger partial charge in [-0.25, -0.2) is 9.97 Å². The van der Waals surface area contributed by atoms with E-state index in [1.54, 1.807) is 13.3 Å². The van der Waals surface area contributed by atoms with E-state index in [0.717, 1.165) is 17.1 Å². The van der Waals surface area contributed by atoms with Gasteiger partial charge in [0.2, 0.25) is 0 Å². The minimum Gasteiger partial charge on any atom is -0.497 e. The molecule has 0 saturated heterocycles. The van der Waals surface area contributed by atoms with Gasteiger partial charge in [0.25, 0.3) is 0 Å². The molecule has 0 spiro atoms. The molecule has 1 heterocycles. The Bertz CT molecular complexity index is 473. The maximum Gasteiger partial charge on any atom is 0.129 e. The van der Waals surface area contributed by atoms with Crippen molar-refractivity contribution in [2.45, 2.75) is 13.0 Å². The van der Waals surface area contributed by atoms with Crippen molar-refractivity contribution in [1.82, 2.24) is 9.97 Å². The molecule has 0 unspecified atom stereocenters. The molecule has 88 valence electrons. The number of nitrogens with one attached hydrogen (secondary N) is 1. The van der Waals surface area contributed by atoms with Crippen molar-refractivity contribution in [3.63, 3.8) is 0 Å². The van der Waals surface area contributed by atoms with Gasteiger partial charge >= 0.3 is 0 Å². The van der Waals surface area contributed by atoms with Crippen molar-refractivity contribution in [3.8, 4) is 5.75 Å². The number of ether oxygens (including phenoxy) is 1. The van der Waals surface area contributed by atoms with Crippen LogP contribution in [0.1, 0.15) is 18.5 Å². The highest BCUT2D eigenvalue weighted by atomic mass is 16.5. The fourth-order valence-electron chi connectivity index (χ4n) is 1.59. The van der Waals surface area contributed by atoms with Crippen LogP contribution in [0.25, 0.3) is 0 Å². The molecular formula is C13H15N3O. The highest BCUT2D eigenvalue weighted by Gasteiger charge is 2.06. The second-order valence-corrected chi connectivity index (χ2v) is 3.74. The van der Waals surface area contributed by atoms with Crippen molar-refractivity contribution in [3.05, 3.63) is 48.4 Å². The molecule has 1 atom stereocenters. The fourth-order valence-corrected chi connectivity index (χ4v) is 1.59. The molecule has 0 saturated carbocycles. The lowest BCUT2D eigenvalue weighted by molar-refractivity contribution is 0.414. The van der Waals surface area contributed by atoms with Gasteiger partial charge in [-0.2, -0.15) is 0 Å². The normalized spacial score (nSPS) is 11.9. The molecule has 4 heteroatoms. The molecule has 0 radical (unpaired) electrons. The van der Waals surface area contributed by atoms with Gasteiger partial charge in [-0.3, -0.25) is 0 Å². The van der Waals surface area contributed by atoms with Gasteiger partial charge in [0, 0.05) is 6.20 Å². The van der Waals surface area contributed by atoms with Crippen LogP contribution >= 0.6 is 0 Å². The van der Waals surface area contributed by atoms with E-state index >= 15 is 0 Å². The Balaban J connectivity index is 2.11. The van der Waals surface area contributed by atoms with Crippen molar-refractivity contribution in [2.24, 2.45) is 0 Å². The minimum absolute atomic E-state index is 0.167. The number of anilines is 1. The maximum atomic E-state index is 5.20. The van der Waals surface area contributed by atoms with Crippen LogP contribution in [0, 0.1) is 0 Å². The first-order chi connectivity index (χ1) is 8.29. The summed E-state index contributed by atoms with van der Waals surface area (Å²) in [5, 5.41) is 3.30. The van der Waals surface area contributed by atoms with E-state index < -0.39 is 0 Å².